The lowest BCUT2D eigenvalue weighted by molar-refractivity contribution is -0.131. The number of aryl methyl sites for hydroxylation is 1. The maximum Gasteiger partial charge on any atom is 0.231 e. The second-order valence-corrected chi connectivity index (χ2v) is 8.36. The number of carbonyl (C=O) groups is 1. The van der Waals surface area contributed by atoms with Crippen LogP contribution in [0.3, 0.4) is 0 Å². The SMILES string of the molecule is COc1cc(C)c(C(C)NC(=O)C2(c3ccccc3)CCOCC2)cc1C(C)C. The van der Waals surface area contributed by atoms with Gasteiger partial charge in [0.2, 0.25) is 5.91 Å². The molecule has 4 heteroatoms. The molecule has 0 spiro atoms. The number of ether oxygens (including phenoxy) is 2. The van der Waals surface area contributed by atoms with Gasteiger partial charge in [-0.2, -0.15) is 0 Å². The highest BCUT2D eigenvalue weighted by Crippen LogP contribution is 2.37. The Morgan fingerprint density at radius 1 is 1.07 bits per heavy atom. The Kier molecular flexibility index (Phi) is 6.63. The number of hydrogen-bond acceptors (Lipinski definition) is 3. The zero-order chi connectivity index (χ0) is 21.0. The third-order valence-corrected chi connectivity index (χ3v) is 6.16. The molecule has 156 valence electrons. The molecule has 0 saturated carbocycles. The Morgan fingerprint density at radius 3 is 2.31 bits per heavy atom. The van der Waals surface area contributed by atoms with Crippen LogP contribution in [0, 0.1) is 6.92 Å². The first-order valence-electron chi connectivity index (χ1n) is 10.5. The third kappa shape index (κ3) is 4.32. The average molecular weight is 396 g/mol. The molecular formula is C25H33NO3. The summed E-state index contributed by atoms with van der Waals surface area (Å²) in [6.45, 7) is 9.67. The molecule has 0 radical (unpaired) electrons. The van der Waals surface area contributed by atoms with E-state index in [1.54, 1.807) is 7.11 Å². The Labute approximate surface area is 174 Å². The lowest BCUT2D eigenvalue weighted by atomic mass is 9.73. The Bertz CT molecular complexity index is 839. The van der Waals surface area contributed by atoms with Crippen LogP contribution in [-0.4, -0.2) is 26.2 Å². The van der Waals surface area contributed by atoms with Gasteiger partial charge in [-0.25, -0.2) is 0 Å². The number of benzene rings is 2. The maximum atomic E-state index is 13.6. The van der Waals surface area contributed by atoms with Gasteiger partial charge in [0.1, 0.15) is 5.75 Å². The molecule has 1 amide bonds. The van der Waals surface area contributed by atoms with Crippen LogP contribution in [0.25, 0.3) is 0 Å². The number of methoxy groups -OCH3 is 1. The molecule has 0 aliphatic carbocycles. The number of amides is 1. The summed E-state index contributed by atoms with van der Waals surface area (Å²) in [6, 6.07) is 14.3. The molecule has 2 aromatic carbocycles. The fourth-order valence-electron chi connectivity index (χ4n) is 4.35. The smallest absolute Gasteiger partial charge is 0.231 e. The number of rotatable bonds is 6. The van der Waals surface area contributed by atoms with Gasteiger partial charge in [0, 0.05) is 13.2 Å². The number of nitrogens with one attached hydrogen (secondary N) is 1. The molecule has 1 fully saturated rings. The lowest BCUT2D eigenvalue weighted by Crippen LogP contribution is -2.48. The van der Waals surface area contributed by atoms with Crippen LogP contribution in [0.4, 0.5) is 0 Å². The highest BCUT2D eigenvalue weighted by molar-refractivity contribution is 5.88. The van der Waals surface area contributed by atoms with Crippen LogP contribution in [-0.2, 0) is 14.9 Å². The van der Waals surface area contributed by atoms with Crippen LogP contribution in [0.2, 0.25) is 0 Å². The van der Waals surface area contributed by atoms with Crippen LogP contribution in [0.5, 0.6) is 5.75 Å². The minimum Gasteiger partial charge on any atom is -0.496 e. The van der Waals surface area contributed by atoms with Crippen molar-refractivity contribution in [2.24, 2.45) is 0 Å². The maximum absolute atomic E-state index is 13.6. The summed E-state index contributed by atoms with van der Waals surface area (Å²) in [5, 5.41) is 3.31. The van der Waals surface area contributed by atoms with Gasteiger partial charge in [0.05, 0.1) is 18.6 Å². The molecule has 3 rings (SSSR count). The van der Waals surface area contributed by atoms with E-state index < -0.39 is 5.41 Å². The van der Waals surface area contributed by atoms with Crippen LogP contribution in [0.15, 0.2) is 42.5 Å². The van der Waals surface area contributed by atoms with Crippen molar-refractivity contribution < 1.29 is 14.3 Å². The molecule has 4 nitrogen and oxygen atoms in total. The fraction of sp³-hybridized carbons (Fsp3) is 0.480. The van der Waals surface area contributed by atoms with Crippen molar-refractivity contribution in [1.82, 2.24) is 5.32 Å². The molecule has 1 aliphatic heterocycles. The van der Waals surface area contributed by atoms with Crippen molar-refractivity contribution in [2.75, 3.05) is 20.3 Å². The zero-order valence-corrected chi connectivity index (χ0v) is 18.2. The number of carbonyl (C=O) groups excluding carboxylic acids is 1. The highest BCUT2D eigenvalue weighted by Gasteiger charge is 2.42. The van der Waals surface area contributed by atoms with Gasteiger partial charge in [-0.3, -0.25) is 4.79 Å². The van der Waals surface area contributed by atoms with Gasteiger partial charge < -0.3 is 14.8 Å². The number of hydrogen-bond donors (Lipinski definition) is 1. The van der Waals surface area contributed by atoms with E-state index in [0.29, 0.717) is 32.0 Å². The van der Waals surface area contributed by atoms with E-state index in [9.17, 15) is 4.79 Å². The molecule has 1 unspecified atom stereocenters. The second kappa shape index (κ2) is 9.00. The Hall–Kier alpha value is -2.33. The van der Waals surface area contributed by atoms with E-state index in [1.807, 2.05) is 18.2 Å². The molecular weight excluding hydrogens is 362 g/mol. The summed E-state index contributed by atoms with van der Waals surface area (Å²) in [4.78, 5) is 13.6. The fourth-order valence-corrected chi connectivity index (χ4v) is 4.35. The zero-order valence-electron chi connectivity index (χ0n) is 18.2. The average Bonchev–Trinajstić information content (AvgIpc) is 2.74. The van der Waals surface area contributed by atoms with Crippen molar-refractivity contribution in [1.29, 1.82) is 0 Å². The molecule has 0 aromatic heterocycles. The molecule has 1 aliphatic rings. The van der Waals surface area contributed by atoms with E-state index >= 15 is 0 Å². The molecule has 2 aromatic rings. The minimum atomic E-state index is -0.533. The van der Waals surface area contributed by atoms with Gasteiger partial charge in [-0.15, -0.1) is 0 Å². The molecule has 1 saturated heterocycles. The monoisotopic (exact) mass is 395 g/mol. The molecule has 0 bridgehead atoms. The summed E-state index contributed by atoms with van der Waals surface area (Å²) in [5.41, 5.74) is 3.97. The summed E-state index contributed by atoms with van der Waals surface area (Å²) >= 11 is 0. The first-order valence-corrected chi connectivity index (χ1v) is 10.5. The standard InChI is InChI=1S/C25H33NO3/c1-17(2)21-16-22(18(3)15-23(21)28-5)19(4)26-24(27)25(11-13-29-14-12-25)20-9-7-6-8-10-20/h6-10,15-17,19H,11-14H2,1-5H3,(H,26,27). The van der Waals surface area contributed by atoms with Crippen LogP contribution in [0.1, 0.15) is 67.8 Å². The highest BCUT2D eigenvalue weighted by atomic mass is 16.5. The normalized spacial score (nSPS) is 17.0. The van der Waals surface area contributed by atoms with E-state index in [1.165, 1.54) is 0 Å². The van der Waals surface area contributed by atoms with Gasteiger partial charge in [-0.05, 0) is 67.0 Å². The minimum absolute atomic E-state index is 0.0841. The summed E-state index contributed by atoms with van der Waals surface area (Å²) in [7, 11) is 1.71. The van der Waals surface area contributed by atoms with Gasteiger partial charge >= 0.3 is 0 Å². The van der Waals surface area contributed by atoms with Crippen LogP contribution < -0.4 is 10.1 Å². The van der Waals surface area contributed by atoms with Crippen molar-refractivity contribution in [3.8, 4) is 5.75 Å². The first-order chi connectivity index (χ1) is 13.9. The first kappa shape index (κ1) is 21.4. The summed E-state index contributed by atoms with van der Waals surface area (Å²) in [5.74, 6) is 1.34. The van der Waals surface area contributed by atoms with E-state index in [4.69, 9.17) is 9.47 Å². The van der Waals surface area contributed by atoms with Gasteiger partial charge in [0.25, 0.3) is 0 Å². The second-order valence-electron chi connectivity index (χ2n) is 8.36. The van der Waals surface area contributed by atoms with Crippen molar-refractivity contribution in [2.45, 2.75) is 57.9 Å². The van der Waals surface area contributed by atoms with E-state index in [2.05, 4.69) is 57.3 Å². The lowest BCUT2D eigenvalue weighted by Gasteiger charge is -2.37. The van der Waals surface area contributed by atoms with Crippen molar-refractivity contribution in [3.05, 3.63) is 64.7 Å². The topological polar surface area (TPSA) is 47.6 Å². The van der Waals surface area contributed by atoms with Crippen LogP contribution >= 0.6 is 0 Å². The quantitative estimate of drug-likeness (QED) is 0.744. The largest absolute Gasteiger partial charge is 0.496 e. The summed E-state index contributed by atoms with van der Waals surface area (Å²) in [6.07, 6.45) is 1.41. The molecule has 1 atom stereocenters. The Morgan fingerprint density at radius 2 is 1.72 bits per heavy atom. The Balaban J connectivity index is 1.90. The summed E-state index contributed by atoms with van der Waals surface area (Å²) < 4.78 is 11.1. The third-order valence-electron chi connectivity index (χ3n) is 6.16. The van der Waals surface area contributed by atoms with Gasteiger partial charge in [0.15, 0.2) is 0 Å². The molecule has 1 N–H and O–H groups in total. The van der Waals surface area contributed by atoms with Gasteiger partial charge in [-0.1, -0.05) is 44.2 Å². The van der Waals surface area contributed by atoms with Crippen molar-refractivity contribution >= 4 is 5.91 Å². The molecule has 29 heavy (non-hydrogen) atoms. The van der Waals surface area contributed by atoms with E-state index in [0.717, 1.165) is 28.0 Å². The predicted molar refractivity (Wildman–Crippen MR) is 117 cm³/mol. The van der Waals surface area contributed by atoms with E-state index in [-0.39, 0.29) is 11.9 Å². The molecule has 1 heterocycles. The predicted octanol–water partition coefficient (Wildman–Crippen LogP) is 5.05. The van der Waals surface area contributed by atoms with Crippen molar-refractivity contribution in [3.63, 3.8) is 0 Å².